The standard InChI is InChI=1S/C14H11Cl2NO3/c1-20-13-11(15)6-8(7-12(13)16)14(19)17-9-2-4-10(18)5-3-9/h2-7,18H,1H3,(H,17,19). The van der Waals surface area contributed by atoms with Crippen molar-refractivity contribution < 1.29 is 14.6 Å². The average molecular weight is 312 g/mol. The maximum Gasteiger partial charge on any atom is 0.255 e. The fourth-order valence-corrected chi connectivity index (χ4v) is 2.28. The first-order valence-corrected chi connectivity index (χ1v) is 6.40. The second kappa shape index (κ2) is 6.03. The highest BCUT2D eigenvalue weighted by Crippen LogP contribution is 2.34. The molecule has 6 heteroatoms. The molecule has 0 heterocycles. The van der Waals surface area contributed by atoms with Crippen molar-refractivity contribution in [1.29, 1.82) is 0 Å². The van der Waals surface area contributed by atoms with Crippen LogP contribution in [0, 0.1) is 0 Å². The molecule has 0 unspecified atom stereocenters. The van der Waals surface area contributed by atoms with Gasteiger partial charge in [-0.1, -0.05) is 23.2 Å². The van der Waals surface area contributed by atoms with E-state index in [1.54, 1.807) is 12.1 Å². The molecule has 4 nitrogen and oxygen atoms in total. The molecule has 2 aromatic rings. The third-order valence-electron chi connectivity index (χ3n) is 2.59. The Morgan fingerprint density at radius 1 is 1.15 bits per heavy atom. The number of phenolic OH excluding ortho intramolecular Hbond substituents is 1. The van der Waals surface area contributed by atoms with E-state index in [1.807, 2.05) is 0 Å². The Bertz CT molecular complexity index is 618. The van der Waals surface area contributed by atoms with Crippen molar-refractivity contribution in [3.05, 3.63) is 52.0 Å². The summed E-state index contributed by atoms with van der Waals surface area (Å²) in [6.07, 6.45) is 0. The minimum atomic E-state index is -0.359. The summed E-state index contributed by atoms with van der Waals surface area (Å²) in [6.45, 7) is 0. The fraction of sp³-hybridized carbons (Fsp3) is 0.0714. The highest BCUT2D eigenvalue weighted by molar-refractivity contribution is 6.37. The number of benzene rings is 2. The number of anilines is 1. The highest BCUT2D eigenvalue weighted by Gasteiger charge is 2.13. The Balaban J connectivity index is 2.23. The van der Waals surface area contributed by atoms with Crippen molar-refractivity contribution in [3.63, 3.8) is 0 Å². The quantitative estimate of drug-likeness (QED) is 0.843. The molecule has 1 amide bonds. The van der Waals surface area contributed by atoms with Crippen LogP contribution in [0.3, 0.4) is 0 Å². The lowest BCUT2D eigenvalue weighted by Crippen LogP contribution is -2.12. The van der Waals surface area contributed by atoms with Crippen LogP contribution in [0.2, 0.25) is 10.0 Å². The van der Waals surface area contributed by atoms with Crippen LogP contribution in [0.1, 0.15) is 10.4 Å². The van der Waals surface area contributed by atoms with Crippen LogP contribution in [0.4, 0.5) is 5.69 Å². The molecular formula is C14H11Cl2NO3. The summed E-state index contributed by atoms with van der Waals surface area (Å²) in [4.78, 5) is 12.1. The number of aromatic hydroxyl groups is 1. The third-order valence-corrected chi connectivity index (χ3v) is 3.15. The zero-order valence-corrected chi connectivity index (χ0v) is 12.0. The van der Waals surface area contributed by atoms with E-state index in [-0.39, 0.29) is 21.7 Å². The van der Waals surface area contributed by atoms with Gasteiger partial charge in [0.25, 0.3) is 5.91 Å². The molecule has 0 fully saturated rings. The fourth-order valence-electron chi connectivity index (χ4n) is 1.63. The Kier molecular flexibility index (Phi) is 4.37. The van der Waals surface area contributed by atoms with Crippen LogP contribution in [-0.2, 0) is 0 Å². The van der Waals surface area contributed by atoms with Gasteiger partial charge in [-0.15, -0.1) is 0 Å². The van der Waals surface area contributed by atoms with Crippen LogP contribution < -0.4 is 10.1 Å². The van der Waals surface area contributed by atoms with E-state index >= 15 is 0 Å². The Morgan fingerprint density at radius 2 is 1.70 bits per heavy atom. The summed E-state index contributed by atoms with van der Waals surface area (Å²) >= 11 is 12.0. The molecule has 0 aromatic heterocycles. The van der Waals surface area contributed by atoms with Crippen molar-refractivity contribution >= 4 is 34.8 Å². The topological polar surface area (TPSA) is 58.6 Å². The zero-order valence-electron chi connectivity index (χ0n) is 10.5. The van der Waals surface area contributed by atoms with Gasteiger partial charge in [-0.2, -0.15) is 0 Å². The molecule has 2 aromatic carbocycles. The number of nitrogens with one attached hydrogen (secondary N) is 1. The summed E-state index contributed by atoms with van der Waals surface area (Å²) in [5.41, 5.74) is 0.865. The van der Waals surface area contributed by atoms with Crippen molar-refractivity contribution in [2.75, 3.05) is 12.4 Å². The van der Waals surface area contributed by atoms with Gasteiger partial charge in [0.2, 0.25) is 0 Å². The van der Waals surface area contributed by atoms with E-state index in [0.29, 0.717) is 17.0 Å². The predicted molar refractivity (Wildman–Crippen MR) is 79.1 cm³/mol. The molecule has 0 radical (unpaired) electrons. The number of hydrogen-bond acceptors (Lipinski definition) is 3. The normalized spacial score (nSPS) is 10.2. The molecule has 2 rings (SSSR count). The van der Waals surface area contributed by atoms with Crippen LogP contribution in [-0.4, -0.2) is 18.1 Å². The number of halogens is 2. The van der Waals surface area contributed by atoms with E-state index in [1.165, 1.54) is 31.4 Å². The molecule has 0 saturated carbocycles. The molecule has 0 bridgehead atoms. The molecule has 20 heavy (non-hydrogen) atoms. The van der Waals surface area contributed by atoms with E-state index in [4.69, 9.17) is 27.9 Å². The molecule has 0 aliphatic carbocycles. The van der Waals surface area contributed by atoms with Gasteiger partial charge in [-0.3, -0.25) is 4.79 Å². The minimum Gasteiger partial charge on any atom is -0.508 e. The van der Waals surface area contributed by atoms with Gasteiger partial charge in [0, 0.05) is 11.3 Å². The van der Waals surface area contributed by atoms with Gasteiger partial charge in [0.15, 0.2) is 5.75 Å². The first-order chi connectivity index (χ1) is 9.51. The minimum absolute atomic E-state index is 0.124. The molecular weight excluding hydrogens is 301 g/mol. The van der Waals surface area contributed by atoms with Crippen LogP contribution in [0.25, 0.3) is 0 Å². The Hall–Kier alpha value is -1.91. The monoisotopic (exact) mass is 311 g/mol. The Morgan fingerprint density at radius 3 is 2.20 bits per heavy atom. The number of hydrogen-bond donors (Lipinski definition) is 2. The number of phenols is 1. The molecule has 0 atom stereocenters. The van der Waals surface area contributed by atoms with Crippen LogP contribution >= 0.6 is 23.2 Å². The Labute approximate surface area is 125 Å². The van der Waals surface area contributed by atoms with Crippen molar-refractivity contribution in [2.24, 2.45) is 0 Å². The number of carbonyl (C=O) groups excluding carboxylic acids is 1. The molecule has 0 aliphatic heterocycles. The maximum atomic E-state index is 12.1. The highest BCUT2D eigenvalue weighted by atomic mass is 35.5. The van der Waals surface area contributed by atoms with E-state index < -0.39 is 0 Å². The molecule has 0 saturated heterocycles. The van der Waals surface area contributed by atoms with Gasteiger partial charge in [-0.25, -0.2) is 0 Å². The summed E-state index contributed by atoms with van der Waals surface area (Å²) in [6, 6.07) is 9.07. The molecule has 0 aliphatic rings. The predicted octanol–water partition coefficient (Wildman–Crippen LogP) is 3.96. The first-order valence-electron chi connectivity index (χ1n) is 5.64. The van der Waals surface area contributed by atoms with E-state index in [9.17, 15) is 9.90 Å². The first kappa shape index (κ1) is 14.5. The third kappa shape index (κ3) is 3.15. The second-order valence-electron chi connectivity index (χ2n) is 3.97. The lowest BCUT2D eigenvalue weighted by Gasteiger charge is -2.09. The summed E-state index contributed by atoms with van der Waals surface area (Å²) in [5, 5.41) is 12.4. The van der Waals surface area contributed by atoms with Gasteiger partial charge >= 0.3 is 0 Å². The second-order valence-corrected chi connectivity index (χ2v) is 4.79. The van der Waals surface area contributed by atoms with Gasteiger partial charge in [0.05, 0.1) is 17.2 Å². The lowest BCUT2D eigenvalue weighted by molar-refractivity contribution is 0.102. The van der Waals surface area contributed by atoms with E-state index in [2.05, 4.69) is 5.32 Å². The summed E-state index contributed by atoms with van der Waals surface area (Å²) in [7, 11) is 1.45. The smallest absolute Gasteiger partial charge is 0.255 e. The van der Waals surface area contributed by atoms with Crippen LogP contribution in [0.15, 0.2) is 36.4 Å². The van der Waals surface area contributed by atoms with Crippen molar-refractivity contribution in [3.8, 4) is 11.5 Å². The van der Waals surface area contributed by atoms with Crippen LogP contribution in [0.5, 0.6) is 11.5 Å². The average Bonchev–Trinajstić information content (AvgIpc) is 2.41. The van der Waals surface area contributed by atoms with Gasteiger partial charge in [-0.05, 0) is 36.4 Å². The zero-order chi connectivity index (χ0) is 14.7. The number of carbonyl (C=O) groups is 1. The lowest BCUT2D eigenvalue weighted by atomic mass is 10.2. The van der Waals surface area contributed by atoms with Crippen molar-refractivity contribution in [1.82, 2.24) is 0 Å². The van der Waals surface area contributed by atoms with Crippen molar-refractivity contribution in [2.45, 2.75) is 0 Å². The SMILES string of the molecule is COc1c(Cl)cc(C(=O)Nc2ccc(O)cc2)cc1Cl. The largest absolute Gasteiger partial charge is 0.508 e. The summed E-state index contributed by atoms with van der Waals surface area (Å²) in [5.74, 6) is 0.0928. The number of methoxy groups -OCH3 is 1. The maximum absolute atomic E-state index is 12.1. The molecule has 0 spiro atoms. The van der Waals surface area contributed by atoms with Gasteiger partial charge in [0.1, 0.15) is 5.75 Å². The number of ether oxygens (including phenoxy) is 1. The summed E-state index contributed by atoms with van der Waals surface area (Å²) < 4.78 is 5.02. The van der Waals surface area contributed by atoms with Gasteiger partial charge < -0.3 is 15.2 Å². The number of rotatable bonds is 3. The molecule has 2 N–H and O–H groups in total. The molecule has 104 valence electrons. The van der Waals surface area contributed by atoms with E-state index in [0.717, 1.165) is 0 Å². The number of amides is 1.